The number of thiocarbonyl (C=S) groups is 1. The first kappa shape index (κ1) is 20.1. The average Bonchev–Trinajstić information content (AvgIpc) is 2.93. The van der Waals surface area contributed by atoms with E-state index in [0.29, 0.717) is 21.6 Å². The van der Waals surface area contributed by atoms with Crippen molar-refractivity contribution in [1.29, 1.82) is 0 Å². The van der Waals surface area contributed by atoms with Crippen LogP contribution in [0.5, 0.6) is 5.75 Å². The molecule has 0 bridgehead atoms. The van der Waals surface area contributed by atoms with E-state index < -0.39 is 5.97 Å². The molecule has 3 rings (SSSR count). The lowest BCUT2D eigenvalue weighted by atomic mass is 10.1. The maximum absolute atomic E-state index is 12.6. The zero-order valence-electron chi connectivity index (χ0n) is 15.3. The molecule has 0 aromatic heterocycles. The lowest BCUT2D eigenvalue weighted by Gasteiger charge is -2.12. The van der Waals surface area contributed by atoms with Gasteiger partial charge in [0.2, 0.25) is 0 Å². The van der Waals surface area contributed by atoms with Crippen LogP contribution < -0.4 is 4.74 Å². The lowest BCUT2D eigenvalue weighted by molar-refractivity contribution is -0.137. The fraction of sp³-hybridized carbons (Fsp3) is 0.190. The van der Waals surface area contributed by atoms with Crippen LogP contribution in [0.15, 0.2) is 53.4 Å². The van der Waals surface area contributed by atoms with Gasteiger partial charge in [0.1, 0.15) is 16.7 Å². The third kappa shape index (κ3) is 4.99. The van der Waals surface area contributed by atoms with Gasteiger partial charge in [-0.3, -0.25) is 14.5 Å². The smallest absolute Gasteiger partial charge is 0.305 e. The number of nitrogens with zero attached hydrogens (tertiary/aromatic N) is 1. The molecule has 7 heteroatoms. The number of aryl methyl sites for hydroxylation is 1. The van der Waals surface area contributed by atoms with Gasteiger partial charge in [-0.2, -0.15) is 0 Å². The number of carboxylic acid groups (broad SMARTS) is 1. The first-order valence-corrected chi connectivity index (χ1v) is 9.91. The molecule has 5 nitrogen and oxygen atoms in total. The second kappa shape index (κ2) is 9.03. The van der Waals surface area contributed by atoms with Gasteiger partial charge in [0, 0.05) is 12.1 Å². The molecule has 1 fully saturated rings. The Kier molecular flexibility index (Phi) is 6.49. The number of benzene rings is 2. The van der Waals surface area contributed by atoms with Crippen molar-refractivity contribution in [3.63, 3.8) is 0 Å². The minimum atomic E-state index is -0.965. The van der Waals surface area contributed by atoms with Gasteiger partial charge in [0.15, 0.2) is 0 Å². The highest BCUT2D eigenvalue weighted by Crippen LogP contribution is 2.34. The van der Waals surface area contributed by atoms with E-state index in [4.69, 9.17) is 22.1 Å². The van der Waals surface area contributed by atoms with Gasteiger partial charge in [0.05, 0.1) is 11.3 Å². The fourth-order valence-electron chi connectivity index (χ4n) is 2.62. The monoisotopic (exact) mass is 413 g/mol. The van der Waals surface area contributed by atoms with E-state index in [9.17, 15) is 9.59 Å². The van der Waals surface area contributed by atoms with Crippen LogP contribution >= 0.6 is 24.0 Å². The predicted molar refractivity (Wildman–Crippen MR) is 114 cm³/mol. The standard InChI is InChI=1S/C21H19NO4S2/c1-14-6-8-15(9-7-14)13-26-17-5-3-2-4-16(17)12-18-20(25)22(21(27)28-18)11-10-19(23)24/h2-9,12H,10-11,13H2,1H3,(H,23,24). The maximum Gasteiger partial charge on any atom is 0.305 e. The number of hydrogen-bond acceptors (Lipinski definition) is 5. The Morgan fingerprint density at radius 1 is 1.21 bits per heavy atom. The summed E-state index contributed by atoms with van der Waals surface area (Å²) < 4.78 is 6.32. The second-order valence-electron chi connectivity index (χ2n) is 6.29. The first-order chi connectivity index (χ1) is 13.4. The third-order valence-corrected chi connectivity index (χ3v) is 5.52. The van der Waals surface area contributed by atoms with Gasteiger partial charge in [-0.15, -0.1) is 0 Å². The maximum atomic E-state index is 12.6. The van der Waals surface area contributed by atoms with Crippen LogP contribution in [0.25, 0.3) is 6.08 Å². The Balaban J connectivity index is 1.75. The number of para-hydroxylation sites is 1. The van der Waals surface area contributed by atoms with Gasteiger partial charge >= 0.3 is 5.97 Å². The third-order valence-electron chi connectivity index (χ3n) is 4.14. The van der Waals surface area contributed by atoms with Gasteiger partial charge in [-0.25, -0.2) is 0 Å². The summed E-state index contributed by atoms with van der Waals surface area (Å²) in [5.74, 6) is -0.573. The molecule has 1 amide bonds. The van der Waals surface area contributed by atoms with Crippen molar-refractivity contribution in [2.75, 3.05) is 6.54 Å². The highest BCUT2D eigenvalue weighted by atomic mass is 32.2. The Morgan fingerprint density at radius 3 is 2.64 bits per heavy atom. The number of rotatable bonds is 7. The molecule has 0 unspecified atom stereocenters. The number of thioether (sulfide) groups is 1. The molecule has 0 radical (unpaired) electrons. The number of carboxylic acids is 1. The van der Waals surface area contributed by atoms with E-state index in [1.54, 1.807) is 6.08 Å². The first-order valence-electron chi connectivity index (χ1n) is 8.68. The molecule has 1 aliphatic heterocycles. The van der Waals surface area contributed by atoms with E-state index in [2.05, 4.69) is 0 Å². The van der Waals surface area contributed by atoms with Crippen molar-refractivity contribution in [3.8, 4) is 5.75 Å². The van der Waals surface area contributed by atoms with Crippen molar-refractivity contribution in [2.24, 2.45) is 0 Å². The molecule has 1 N–H and O–H groups in total. The molecule has 1 saturated heterocycles. The predicted octanol–water partition coefficient (Wildman–Crippen LogP) is 4.25. The topological polar surface area (TPSA) is 66.8 Å². The highest BCUT2D eigenvalue weighted by molar-refractivity contribution is 8.26. The Morgan fingerprint density at radius 2 is 1.93 bits per heavy atom. The van der Waals surface area contributed by atoms with E-state index in [-0.39, 0.29) is 18.9 Å². The minimum Gasteiger partial charge on any atom is -0.488 e. The van der Waals surface area contributed by atoms with Gasteiger partial charge < -0.3 is 9.84 Å². The summed E-state index contributed by atoms with van der Waals surface area (Å²) in [5, 5.41) is 8.83. The van der Waals surface area contributed by atoms with Crippen molar-refractivity contribution in [1.82, 2.24) is 4.90 Å². The van der Waals surface area contributed by atoms with Crippen LogP contribution in [0.2, 0.25) is 0 Å². The van der Waals surface area contributed by atoms with Crippen LogP contribution in [0.1, 0.15) is 23.1 Å². The van der Waals surface area contributed by atoms with Crippen LogP contribution in [0, 0.1) is 6.92 Å². The summed E-state index contributed by atoms with van der Waals surface area (Å²) in [6.45, 7) is 2.53. The molecule has 28 heavy (non-hydrogen) atoms. The zero-order chi connectivity index (χ0) is 20.1. The number of amides is 1. The van der Waals surface area contributed by atoms with Gasteiger partial charge in [-0.1, -0.05) is 72.0 Å². The van der Waals surface area contributed by atoms with Gasteiger partial charge in [0.25, 0.3) is 5.91 Å². The minimum absolute atomic E-state index is 0.0723. The highest BCUT2D eigenvalue weighted by Gasteiger charge is 2.32. The molecule has 2 aromatic rings. The summed E-state index contributed by atoms with van der Waals surface area (Å²) in [6, 6.07) is 15.6. The Bertz CT molecular complexity index is 938. The van der Waals surface area contributed by atoms with E-state index in [1.807, 2.05) is 55.5 Å². The molecule has 1 heterocycles. The average molecular weight is 414 g/mol. The summed E-state index contributed by atoms with van der Waals surface area (Å²) in [4.78, 5) is 25.1. The number of aliphatic carboxylic acids is 1. The summed E-state index contributed by atoms with van der Waals surface area (Å²) >= 11 is 6.40. The summed E-state index contributed by atoms with van der Waals surface area (Å²) in [7, 11) is 0. The normalized spacial score (nSPS) is 15.3. The molecule has 1 aliphatic rings. The van der Waals surface area contributed by atoms with Crippen LogP contribution in [-0.4, -0.2) is 32.7 Å². The van der Waals surface area contributed by atoms with Crippen LogP contribution in [0.3, 0.4) is 0 Å². The van der Waals surface area contributed by atoms with Crippen LogP contribution in [-0.2, 0) is 16.2 Å². The molecular weight excluding hydrogens is 394 g/mol. The molecule has 0 aliphatic carbocycles. The number of carbonyl (C=O) groups excluding carboxylic acids is 1. The van der Waals surface area contributed by atoms with Crippen LogP contribution in [0.4, 0.5) is 0 Å². The number of ether oxygens (including phenoxy) is 1. The van der Waals surface area contributed by atoms with E-state index in [0.717, 1.165) is 11.1 Å². The summed E-state index contributed by atoms with van der Waals surface area (Å²) in [5.41, 5.74) is 3.02. The lowest BCUT2D eigenvalue weighted by Crippen LogP contribution is -2.30. The van der Waals surface area contributed by atoms with Crippen molar-refractivity contribution >= 4 is 46.3 Å². The quantitative estimate of drug-likeness (QED) is 0.541. The molecule has 2 aromatic carbocycles. The number of hydrogen-bond donors (Lipinski definition) is 1. The number of carbonyl (C=O) groups is 2. The fourth-order valence-corrected chi connectivity index (χ4v) is 3.92. The molecule has 144 valence electrons. The SMILES string of the molecule is Cc1ccc(COc2ccccc2C=C2SC(=S)N(CCC(=O)O)C2=O)cc1. The van der Waals surface area contributed by atoms with Gasteiger partial charge in [-0.05, 0) is 24.6 Å². The molecule has 0 atom stereocenters. The molecule has 0 spiro atoms. The van der Waals surface area contributed by atoms with E-state index in [1.165, 1.54) is 22.2 Å². The summed E-state index contributed by atoms with van der Waals surface area (Å²) in [6.07, 6.45) is 1.60. The Hall–Kier alpha value is -2.64. The van der Waals surface area contributed by atoms with Crippen molar-refractivity contribution in [3.05, 3.63) is 70.1 Å². The van der Waals surface area contributed by atoms with E-state index >= 15 is 0 Å². The molecule has 0 saturated carbocycles. The molecular formula is C21H19NO4S2. The second-order valence-corrected chi connectivity index (χ2v) is 7.96. The largest absolute Gasteiger partial charge is 0.488 e. The van der Waals surface area contributed by atoms with Crippen molar-refractivity contribution in [2.45, 2.75) is 20.0 Å². The van der Waals surface area contributed by atoms with Crippen molar-refractivity contribution < 1.29 is 19.4 Å². The Labute approximate surface area is 173 Å². The zero-order valence-corrected chi connectivity index (χ0v) is 16.9.